The van der Waals surface area contributed by atoms with E-state index in [1.807, 2.05) is 50.2 Å². The van der Waals surface area contributed by atoms with Crippen LogP contribution >= 0.6 is 11.3 Å². The highest BCUT2D eigenvalue weighted by Gasteiger charge is 2.17. The van der Waals surface area contributed by atoms with Crippen molar-refractivity contribution in [1.29, 1.82) is 0 Å². The van der Waals surface area contributed by atoms with Crippen LogP contribution in [0.4, 0.5) is 5.69 Å². The van der Waals surface area contributed by atoms with Crippen LogP contribution in [0.2, 0.25) is 0 Å². The van der Waals surface area contributed by atoms with Gasteiger partial charge in [0.15, 0.2) is 0 Å². The number of thiazole rings is 1. The Bertz CT molecular complexity index is 1530. The van der Waals surface area contributed by atoms with Gasteiger partial charge in [-0.3, -0.25) is 14.3 Å². The Morgan fingerprint density at radius 2 is 1.88 bits per heavy atom. The number of carbonyl (C=O) groups is 1. The van der Waals surface area contributed by atoms with E-state index in [0.717, 1.165) is 30.9 Å². The Kier molecular flexibility index (Phi) is 6.10. The lowest BCUT2D eigenvalue weighted by Gasteiger charge is -2.13. The summed E-state index contributed by atoms with van der Waals surface area (Å²) in [6, 6.07) is 13.1. The smallest absolute Gasteiger partial charge is 0.335 e. The normalized spacial score (nSPS) is 12.9. The van der Waals surface area contributed by atoms with Crippen LogP contribution in [-0.4, -0.2) is 30.2 Å². The SMILES string of the molecule is Cc1ccc(Cn2c(=O)n(C[C@H](C)C(=O)O)c(=O)[nH]/c2=N\c2ccc3nc(C)sc3c2)cc1. The molecule has 9 nitrogen and oxygen atoms in total. The van der Waals surface area contributed by atoms with E-state index >= 15 is 0 Å². The van der Waals surface area contributed by atoms with Crippen LogP contribution in [0.5, 0.6) is 0 Å². The van der Waals surface area contributed by atoms with E-state index in [0.29, 0.717) is 5.69 Å². The van der Waals surface area contributed by atoms with Gasteiger partial charge in [-0.1, -0.05) is 36.8 Å². The van der Waals surface area contributed by atoms with E-state index in [-0.39, 0.29) is 18.7 Å². The molecule has 0 fully saturated rings. The Labute approximate surface area is 192 Å². The number of H-pyrrole nitrogens is 1. The molecule has 2 aromatic carbocycles. The molecule has 0 saturated heterocycles. The molecule has 0 unspecified atom stereocenters. The number of aryl methyl sites for hydroxylation is 2. The first-order chi connectivity index (χ1) is 15.7. The van der Waals surface area contributed by atoms with Crippen LogP contribution < -0.4 is 17.0 Å². The second kappa shape index (κ2) is 8.99. The van der Waals surface area contributed by atoms with Crippen LogP contribution in [0, 0.1) is 19.8 Å². The monoisotopic (exact) mass is 465 g/mol. The zero-order valence-corrected chi connectivity index (χ0v) is 19.2. The van der Waals surface area contributed by atoms with E-state index < -0.39 is 23.3 Å². The average Bonchev–Trinajstić information content (AvgIpc) is 3.14. The topological polar surface area (TPSA) is 122 Å². The Balaban J connectivity index is 1.89. The van der Waals surface area contributed by atoms with Gasteiger partial charge < -0.3 is 5.11 Å². The van der Waals surface area contributed by atoms with Crippen molar-refractivity contribution in [2.24, 2.45) is 10.9 Å². The molecule has 1 atom stereocenters. The highest BCUT2D eigenvalue weighted by molar-refractivity contribution is 7.18. The summed E-state index contributed by atoms with van der Waals surface area (Å²) in [5.74, 6) is -2.00. The van der Waals surface area contributed by atoms with Gasteiger partial charge in [-0.25, -0.2) is 24.1 Å². The molecule has 170 valence electrons. The molecular weight excluding hydrogens is 442 g/mol. The first-order valence-electron chi connectivity index (χ1n) is 10.4. The van der Waals surface area contributed by atoms with Crippen molar-refractivity contribution in [3.05, 3.63) is 85.2 Å². The minimum atomic E-state index is -1.09. The maximum atomic E-state index is 13.3. The Morgan fingerprint density at radius 1 is 1.15 bits per heavy atom. The summed E-state index contributed by atoms with van der Waals surface area (Å²) in [6.07, 6.45) is 0. The lowest BCUT2D eigenvalue weighted by atomic mass is 10.1. The van der Waals surface area contributed by atoms with Crippen molar-refractivity contribution in [2.45, 2.75) is 33.9 Å². The van der Waals surface area contributed by atoms with Crippen LogP contribution in [0.3, 0.4) is 0 Å². The number of aliphatic carboxylic acids is 1. The minimum absolute atomic E-state index is 0.0883. The van der Waals surface area contributed by atoms with E-state index in [4.69, 9.17) is 0 Å². The molecule has 2 heterocycles. The highest BCUT2D eigenvalue weighted by atomic mass is 32.1. The maximum Gasteiger partial charge on any atom is 0.335 e. The quantitative estimate of drug-likeness (QED) is 0.453. The molecule has 0 saturated carbocycles. The number of carboxylic acids is 1. The van der Waals surface area contributed by atoms with E-state index in [1.54, 1.807) is 6.07 Å². The summed E-state index contributed by atoms with van der Waals surface area (Å²) in [4.78, 5) is 48.9. The zero-order chi connectivity index (χ0) is 23.7. The molecule has 2 aromatic heterocycles. The van der Waals surface area contributed by atoms with Crippen LogP contribution in [0.25, 0.3) is 10.2 Å². The highest BCUT2D eigenvalue weighted by Crippen LogP contribution is 2.25. The largest absolute Gasteiger partial charge is 0.481 e. The summed E-state index contributed by atoms with van der Waals surface area (Å²) in [5, 5.41) is 10.2. The fourth-order valence-electron chi connectivity index (χ4n) is 3.39. The van der Waals surface area contributed by atoms with Crippen LogP contribution in [-0.2, 0) is 17.9 Å². The van der Waals surface area contributed by atoms with Gasteiger partial charge in [0.05, 0.1) is 33.4 Å². The Hall–Kier alpha value is -3.79. The molecule has 4 aromatic rings. The molecule has 10 heteroatoms. The lowest BCUT2D eigenvalue weighted by Crippen LogP contribution is -2.51. The van der Waals surface area contributed by atoms with Gasteiger partial charge in [0, 0.05) is 6.54 Å². The van der Waals surface area contributed by atoms with Gasteiger partial charge in [-0.15, -0.1) is 11.3 Å². The summed E-state index contributed by atoms with van der Waals surface area (Å²) in [5.41, 5.74) is 2.10. The first-order valence-corrected chi connectivity index (χ1v) is 11.2. The number of carboxylic acid groups (broad SMARTS) is 1. The van der Waals surface area contributed by atoms with E-state index in [9.17, 15) is 19.5 Å². The Morgan fingerprint density at radius 3 is 2.58 bits per heavy atom. The average molecular weight is 466 g/mol. The molecule has 0 aliphatic heterocycles. The number of nitrogens with zero attached hydrogens (tertiary/aromatic N) is 4. The lowest BCUT2D eigenvalue weighted by molar-refractivity contribution is -0.141. The zero-order valence-electron chi connectivity index (χ0n) is 18.4. The second-order valence-corrected chi connectivity index (χ2v) is 9.19. The maximum absolute atomic E-state index is 13.3. The van der Waals surface area contributed by atoms with Gasteiger partial charge in [0.25, 0.3) is 0 Å². The van der Waals surface area contributed by atoms with Crippen molar-refractivity contribution < 1.29 is 9.90 Å². The fourth-order valence-corrected chi connectivity index (χ4v) is 4.25. The third-order valence-corrected chi connectivity index (χ3v) is 6.17. The number of hydrogen-bond acceptors (Lipinski definition) is 6. The molecule has 0 aliphatic carbocycles. The molecule has 4 rings (SSSR count). The van der Waals surface area contributed by atoms with Crippen molar-refractivity contribution in [3.63, 3.8) is 0 Å². The first kappa shape index (κ1) is 22.4. The number of aromatic nitrogens is 4. The van der Waals surface area contributed by atoms with Gasteiger partial charge in [-0.2, -0.15) is 0 Å². The summed E-state index contributed by atoms with van der Waals surface area (Å²) >= 11 is 1.53. The van der Waals surface area contributed by atoms with Gasteiger partial charge in [0.1, 0.15) is 0 Å². The molecule has 0 spiro atoms. The number of aromatic amines is 1. The standard InChI is InChI=1S/C23H23N5O4S/c1-13-4-6-16(7-5-13)12-27-21(25-17-8-9-18-19(10-17)33-15(3)24-18)26-22(31)28(23(27)32)11-14(2)20(29)30/h4-10,14H,11-12H2,1-3H3,(H,29,30)(H,25,26,31)/t14-/m0/s1. The molecule has 33 heavy (non-hydrogen) atoms. The number of fused-ring (bicyclic) bond motifs is 1. The van der Waals surface area contributed by atoms with Gasteiger partial charge >= 0.3 is 17.3 Å². The predicted molar refractivity (Wildman–Crippen MR) is 126 cm³/mol. The summed E-state index contributed by atoms with van der Waals surface area (Å²) in [7, 11) is 0. The predicted octanol–water partition coefficient (Wildman–Crippen LogP) is 2.57. The van der Waals surface area contributed by atoms with Crippen LogP contribution in [0.1, 0.15) is 23.1 Å². The summed E-state index contributed by atoms with van der Waals surface area (Å²) in [6.45, 7) is 5.26. The van der Waals surface area contributed by atoms with E-state index in [1.165, 1.54) is 22.8 Å². The number of nitrogens with one attached hydrogen (secondary N) is 1. The van der Waals surface area contributed by atoms with Crippen molar-refractivity contribution in [3.8, 4) is 0 Å². The van der Waals surface area contributed by atoms with Crippen LogP contribution in [0.15, 0.2) is 57.0 Å². The van der Waals surface area contributed by atoms with Crippen molar-refractivity contribution in [1.82, 2.24) is 19.1 Å². The number of benzene rings is 2. The van der Waals surface area contributed by atoms with Crippen molar-refractivity contribution >= 4 is 33.2 Å². The minimum Gasteiger partial charge on any atom is -0.481 e. The van der Waals surface area contributed by atoms with Crippen molar-refractivity contribution in [2.75, 3.05) is 0 Å². The fraction of sp³-hybridized carbons (Fsp3) is 0.261. The van der Waals surface area contributed by atoms with Gasteiger partial charge in [0.2, 0.25) is 5.62 Å². The second-order valence-electron chi connectivity index (χ2n) is 7.95. The van der Waals surface area contributed by atoms with Gasteiger partial charge in [-0.05, 0) is 37.6 Å². The number of hydrogen-bond donors (Lipinski definition) is 2. The third-order valence-electron chi connectivity index (χ3n) is 5.23. The molecule has 0 amide bonds. The molecule has 0 radical (unpaired) electrons. The molecule has 0 bridgehead atoms. The van der Waals surface area contributed by atoms with E-state index in [2.05, 4.69) is 15.0 Å². The summed E-state index contributed by atoms with van der Waals surface area (Å²) < 4.78 is 3.20. The molecule has 0 aliphatic rings. The third kappa shape index (κ3) is 4.85. The molecule has 2 N–H and O–H groups in total. The number of rotatable bonds is 6. The molecular formula is C23H23N5O4S.